The Bertz CT molecular complexity index is 1000. The molecule has 0 unspecified atom stereocenters. The van der Waals surface area contributed by atoms with E-state index >= 15 is 0 Å². The number of halogens is 1. The van der Waals surface area contributed by atoms with Crippen molar-refractivity contribution in [3.05, 3.63) is 71.6 Å². The third-order valence-corrected chi connectivity index (χ3v) is 4.42. The van der Waals surface area contributed by atoms with E-state index in [-0.39, 0.29) is 29.8 Å². The second kappa shape index (κ2) is 9.79. The van der Waals surface area contributed by atoms with Crippen molar-refractivity contribution in [2.45, 2.75) is 12.8 Å². The normalized spacial score (nSPS) is 10.8. The lowest BCUT2D eigenvalue weighted by atomic mass is 10.1. The molecule has 2 N–H and O–H groups in total. The number of amides is 2. The molecular weight excluding hydrogens is 375 g/mol. The average Bonchev–Trinajstić information content (AvgIpc) is 3.12. The zero-order valence-electron chi connectivity index (χ0n) is 16.2. The van der Waals surface area contributed by atoms with E-state index in [2.05, 4.69) is 15.6 Å². The van der Waals surface area contributed by atoms with Gasteiger partial charge in [0.05, 0.1) is 5.52 Å². The summed E-state index contributed by atoms with van der Waals surface area (Å²) < 4.78 is 20.2. The highest BCUT2D eigenvalue weighted by atomic mass is 19.1. The summed E-state index contributed by atoms with van der Waals surface area (Å²) in [7, 11) is 1.60. The number of nitrogens with one attached hydrogen (secondary N) is 2. The van der Waals surface area contributed by atoms with Crippen molar-refractivity contribution >= 4 is 17.3 Å². The van der Waals surface area contributed by atoms with Crippen LogP contribution in [0.3, 0.4) is 0 Å². The molecule has 0 saturated carbocycles. The monoisotopic (exact) mass is 398 g/mol. The quantitative estimate of drug-likeness (QED) is 0.542. The van der Waals surface area contributed by atoms with Crippen molar-refractivity contribution < 1.29 is 18.7 Å². The highest BCUT2D eigenvalue weighted by molar-refractivity contribution is 6.02. The number of rotatable bonds is 9. The van der Waals surface area contributed by atoms with E-state index in [9.17, 15) is 14.0 Å². The molecule has 0 bridgehead atoms. The molecule has 0 radical (unpaired) electrons. The highest BCUT2D eigenvalue weighted by Crippen LogP contribution is 2.13. The maximum Gasteiger partial charge on any atom is 0.287 e. The molecule has 3 rings (SSSR count). The van der Waals surface area contributed by atoms with Crippen molar-refractivity contribution in [3.63, 3.8) is 0 Å². The molecule has 3 aromatic rings. The maximum absolute atomic E-state index is 13.7. The maximum atomic E-state index is 13.7. The van der Waals surface area contributed by atoms with E-state index in [0.717, 1.165) is 0 Å². The summed E-state index contributed by atoms with van der Waals surface area (Å²) in [6, 6.07) is 11.7. The van der Waals surface area contributed by atoms with Gasteiger partial charge in [-0.2, -0.15) is 0 Å². The van der Waals surface area contributed by atoms with Crippen LogP contribution in [0.15, 0.2) is 48.7 Å². The molecule has 2 amide bonds. The summed E-state index contributed by atoms with van der Waals surface area (Å²) in [5.74, 6) is -0.979. The Kier molecular flexibility index (Phi) is 6.91. The Morgan fingerprint density at radius 1 is 1.07 bits per heavy atom. The van der Waals surface area contributed by atoms with Gasteiger partial charge in [-0.1, -0.05) is 24.3 Å². The first-order chi connectivity index (χ1) is 14.1. The fourth-order valence-corrected chi connectivity index (χ4v) is 2.96. The number of nitrogens with zero attached hydrogens (tertiary/aromatic N) is 2. The van der Waals surface area contributed by atoms with Gasteiger partial charge < -0.3 is 15.4 Å². The number of ether oxygens (including phenoxy) is 1. The van der Waals surface area contributed by atoms with E-state index in [0.29, 0.717) is 37.1 Å². The Hall–Kier alpha value is -3.26. The average molecular weight is 398 g/mol. The molecule has 0 spiro atoms. The van der Waals surface area contributed by atoms with E-state index in [1.165, 1.54) is 6.07 Å². The molecule has 0 saturated heterocycles. The lowest BCUT2D eigenvalue weighted by molar-refractivity contribution is 0.0942. The molecule has 0 aliphatic heterocycles. The summed E-state index contributed by atoms with van der Waals surface area (Å²) in [6.07, 6.45) is 2.71. The van der Waals surface area contributed by atoms with Crippen LogP contribution >= 0.6 is 0 Å². The van der Waals surface area contributed by atoms with Gasteiger partial charge in [-0.25, -0.2) is 9.37 Å². The molecule has 2 heterocycles. The van der Waals surface area contributed by atoms with E-state index in [1.807, 2.05) is 0 Å². The Morgan fingerprint density at radius 2 is 1.83 bits per heavy atom. The van der Waals surface area contributed by atoms with E-state index in [4.69, 9.17) is 4.74 Å². The Morgan fingerprint density at radius 3 is 2.62 bits per heavy atom. The zero-order chi connectivity index (χ0) is 20.6. The van der Waals surface area contributed by atoms with Gasteiger partial charge >= 0.3 is 0 Å². The van der Waals surface area contributed by atoms with E-state index in [1.54, 1.807) is 54.1 Å². The minimum Gasteiger partial charge on any atom is -0.385 e. The molecule has 152 valence electrons. The first-order valence-electron chi connectivity index (χ1n) is 9.37. The SMILES string of the molecule is COCCCNC(=O)c1nc(C(=O)NCCc2ccccc2F)n2ccccc12. The predicted molar refractivity (Wildman–Crippen MR) is 106 cm³/mol. The van der Waals surface area contributed by atoms with Crippen LogP contribution in [0.25, 0.3) is 5.52 Å². The second-order valence-corrected chi connectivity index (χ2v) is 6.44. The van der Waals surface area contributed by atoms with Crippen LogP contribution in [-0.2, 0) is 11.2 Å². The van der Waals surface area contributed by atoms with Gasteiger partial charge in [0.1, 0.15) is 5.82 Å². The largest absolute Gasteiger partial charge is 0.385 e. The molecule has 8 heteroatoms. The first kappa shape index (κ1) is 20.5. The highest BCUT2D eigenvalue weighted by Gasteiger charge is 2.21. The number of hydrogen-bond donors (Lipinski definition) is 2. The molecule has 29 heavy (non-hydrogen) atoms. The van der Waals surface area contributed by atoms with Gasteiger partial charge in [-0.3, -0.25) is 14.0 Å². The van der Waals surface area contributed by atoms with Crippen LogP contribution in [0, 0.1) is 5.82 Å². The van der Waals surface area contributed by atoms with Gasteiger partial charge in [-0.15, -0.1) is 0 Å². The van der Waals surface area contributed by atoms with Crippen LogP contribution in [0.4, 0.5) is 4.39 Å². The molecule has 0 aliphatic carbocycles. The third-order valence-electron chi connectivity index (χ3n) is 4.42. The van der Waals surface area contributed by atoms with Crippen molar-refractivity contribution in [1.82, 2.24) is 20.0 Å². The van der Waals surface area contributed by atoms with Crippen molar-refractivity contribution in [2.24, 2.45) is 0 Å². The van der Waals surface area contributed by atoms with Gasteiger partial charge in [0.2, 0.25) is 5.82 Å². The summed E-state index contributed by atoms with van der Waals surface area (Å²) in [5.41, 5.74) is 1.25. The Labute approximate surface area is 167 Å². The third kappa shape index (κ3) is 4.97. The van der Waals surface area contributed by atoms with Crippen LogP contribution in [-0.4, -0.2) is 48.0 Å². The lowest BCUT2D eigenvalue weighted by Crippen LogP contribution is -2.28. The van der Waals surface area contributed by atoms with Crippen LogP contribution in [0.1, 0.15) is 33.1 Å². The molecule has 0 aliphatic rings. The molecule has 7 nitrogen and oxygen atoms in total. The summed E-state index contributed by atoms with van der Waals surface area (Å²) in [5, 5.41) is 5.52. The topological polar surface area (TPSA) is 84.7 Å². The molecule has 0 fully saturated rings. The fraction of sp³-hybridized carbons (Fsp3) is 0.286. The summed E-state index contributed by atoms with van der Waals surface area (Å²) in [6.45, 7) is 1.24. The van der Waals surface area contributed by atoms with E-state index < -0.39 is 5.91 Å². The number of pyridine rings is 1. The van der Waals surface area contributed by atoms with Gasteiger partial charge in [0.25, 0.3) is 11.8 Å². The van der Waals surface area contributed by atoms with Crippen molar-refractivity contribution in [2.75, 3.05) is 26.8 Å². The number of methoxy groups -OCH3 is 1. The number of imidazole rings is 1. The number of aromatic nitrogens is 2. The molecular formula is C21H23FN4O3. The molecule has 2 aromatic heterocycles. The number of hydrogen-bond acceptors (Lipinski definition) is 4. The minimum atomic E-state index is -0.430. The van der Waals surface area contributed by atoms with Gasteiger partial charge in [0, 0.05) is 33.0 Å². The number of fused-ring (bicyclic) bond motifs is 1. The fourth-order valence-electron chi connectivity index (χ4n) is 2.96. The smallest absolute Gasteiger partial charge is 0.287 e. The second-order valence-electron chi connectivity index (χ2n) is 6.44. The van der Waals surface area contributed by atoms with Crippen LogP contribution < -0.4 is 10.6 Å². The van der Waals surface area contributed by atoms with Crippen LogP contribution in [0.2, 0.25) is 0 Å². The van der Waals surface area contributed by atoms with Gasteiger partial charge in [-0.05, 0) is 36.6 Å². The summed E-state index contributed by atoms with van der Waals surface area (Å²) >= 11 is 0. The van der Waals surface area contributed by atoms with Crippen molar-refractivity contribution in [3.8, 4) is 0 Å². The first-order valence-corrected chi connectivity index (χ1v) is 9.37. The zero-order valence-corrected chi connectivity index (χ0v) is 16.2. The van der Waals surface area contributed by atoms with Crippen molar-refractivity contribution in [1.29, 1.82) is 0 Å². The number of carbonyl (C=O) groups is 2. The molecule has 1 aromatic carbocycles. The minimum absolute atomic E-state index is 0.108. The molecule has 0 atom stereocenters. The number of carbonyl (C=O) groups excluding carboxylic acids is 2. The summed E-state index contributed by atoms with van der Waals surface area (Å²) in [4.78, 5) is 29.4. The number of benzene rings is 1. The Balaban J connectivity index is 1.71. The standard InChI is InChI=1S/C21H23FN4O3/c1-29-14-6-11-23-20(27)18-17-9-4-5-13-26(17)19(25-18)21(28)24-12-10-15-7-2-3-8-16(15)22/h2-5,7-9,13H,6,10-12,14H2,1H3,(H,23,27)(H,24,28). The predicted octanol–water partition coefficient (Wildman–Crippen LogP) is 2.21. The van der Waals surface area contributed by atoms with Crippen LogP contribution in [0.5, 0.6) is 0 Å². The lowest BCUT2D eigenvalue weighted by Gasteiger charge is -2.05. The van der Waals surface area contributed by atoms with Gasteiger partial charge in [0.15, 0.2) is 5.69 Å².